The number of piperidine rings is 1. The van der Waals surface area contributed by atoms with E-state index in [2.05, 4.69) is 36.3 Å². The summed E-state index contributed by atoms with van der Waals surface area (Å²) in [5, 5.41) is 2.92. The van der Waals surface area contributed by atoms with E-state index in [-0.39, 0.29) is 10.8 Å². The van der Waals surface area contributed by atoms with Crippen molar-refractivity contribution in [3.05, 3.63) is 65.7 Å². The second kappa shape index (κ2) is 10.9. The average molecular weight is 444 g/mol. The highest BCUT2D eigenvalue weighted by atomic mass is 32.2. The molecule has 0 bridgehead atoms. The van der Waals surface area contributed by atoms with E-state index in [9.17, 15) is 13.2 Å². The van der Waals surface area contributed by atoms with Crippen molar-refractivity contribution in [3.8, 4) is 0 Å². The quantitative estimate of drug-likeness (QED) is 0.604. The Morgan fingerprint density at radius 1 is 1.06 bits per heavy atom. The zero-order chi connectivity index (χ0) is 22.3. The molecule has 2 aromatic rings. The van der Waals surface area contributed by atoms with Crippen LogP contribution in [0, 0.1) is 5.92 Å². The van der Waals surface area contributed by atoms with Crippen LogP contribution < -0.4 is 5.32 Å². The van der Waals surface area contributed by atoms with E-state index in [4.69, 9.17) is 0 Å². The summed E-state index contributed by atoms with van der Waals surface area (Å²) < 4.78 is 27.2. The summed E-state index contributed by atoms with van der Waals surface area (Å²) in [6, 6.07) is 16.6. The summed E-state index contributed by atoms with van der Waals surface area (Å²) in [7, 11) is -1.42. The molecule has 1 N–H and O–H groups in total. The van der Waals surface area contributed by atoms with E-state index in [1.165, 1.54) is 17.7 Å². The summed E-state index contributed by atoms with van der Waals surface area (Å²) in [4.78, 5) is 14.9. The fourth-order valence-corrected chi connectivity index (χ4v) is 5.25. The van der Waals surface area contributed by atoms with Crippen molar-refractivity contribution in [2.24, 2.45) is 5.92 Å². The topological polar surface area (TPSA) is 69.7 Å². The van der Waals surface area contributed by atoms with Gasteiger partial charge in [-0.05, 0) is 68.6 Å². The minimum atomic E-state index is -3.49. The van der Waals surface area contributed by atoms with Gasteiger partial charge in [-0.15, -0.1) is 0 Å². The maximum absolute atomic E-state index is 12.8. The number of carbonyl (C=O) groups excluding carboxylic acids is 1. The van der Waals surface area contributed by atoms with Gasteiger partial charge in [-0.3, -0.25) is 4.79 Å². The first-order chi connectivity index (χ1) is 14.9. The Balaban J connectivity index is 1.44. The molecule has 31 heavy (non-hydrogen) atoms. The molecule has 0 radical (unpaired) electrons. The molecule has 0 aromatic heterocycles. The summed E-state index contributed by atoms with van der Waals surface area (Å²) in [6.07, 6.45) is 2.62. The molecule has 7 heteroatoms. The third kappa shape index (κ3) is 6.63. The van der Waals surface area contributed by atoms with Gasteiger partial charge in [0.1, 0.15) is 0 Å². The van der Waals surface area contributed by atoms with Gasteiger partial charge in [0.05, 0.1) is 4.90 Å². The maximum atomic E-state index is 12.8. The van der Waals surface area contributed by atoms with Crippen LogP contribution in [0.3, 0.4) is 0 Å². The lowest BCUT2D eigenvalue weighted by Crippen LogP contribution is -2.37. The highest BCUT2D eigenvalue weighted by Crippen LogP contribution is 2.23. The molecule has 0 aliphatic carbocycles. The fraction of sp³-hybridized carbons (Fsp3) is 0.458. The van der Waals surface area contributed by atoms with Crippen LogP contribution in [-0.2, 0) is 16.6 Å². The predicted octanol–water partition coefficient (Wildman–Crippen LogP) is 3.36. The maximum Gasteiger partial charge on any atom is 0.251 e. The number of hydrogen-bond acceptors (Lipinski definition) is 4. The van der Waals surface area contributed by atoms with Crippen LogP contribution in [0.15, 0.2) is 59.5 Å². The lowest BCUT2D eigenvalue weighted by molar-refractivity contribution is 0.0951. The smallest absolute Gasteiger partial charge is 0.251 e. The first-order valence-electron chi connectivity index (χ1n) is 11.0. The number of nitrogens with one attached hydrogen (secondary N) is 1. The molecule has 0 unspecified atom stereocenters. The van der Waals surface area contributed by atoms with Crippen molar-refractivity contribution in [1.29, 1.82) is 0 Å². The molecular weight excluding hydrogens is 410 g/mol. The van der Waals surface area contributed by atoms with E-state index in [1.807, 2.05) is 18.2 Å². The van der Waals surface area contributed by atoms with Gasteiger partial charge in [-0.1, -0.05) is 37.3 Å². The minimum Gasteiger partial charge on any atom is -0.352 e. The van der Waals surface area contributed by atoms with Crippen molar-refractivity contribution in [2.75, 3.05) is 33.2 Å². The monoisotopic (exact) mass is 443 g/mol. The van der Waals surface area contributed by atoms with Gasteiger partial charge in [0.25, 0.3) is 5.91 Å². The highest BCUT2D eigenvalue weighted by molar-refractivity contribution is 7.89. The number of amides is 1. The number of sulfonamides is 1. The average Bonchev–Trinajstić information content (AvgIpc) is 2.77. The molecule has 0 atom stereocenters. The molecule has 2 aromatic carbocycles. The van der Waals surface area contributed by atoms with Gasteiger partial charge < -0.3 is 10.2 Å². The molecule has 1 heterocycles. The normalized spacial score (nSPS) is 15.8. The number of carbonyl (C=O) groups is 1. The molecule has 1 aliphatic rings. The van der Waals surface area contributed by atoms with Gasteiger partial charge >= 0.3 is 0 Å². The number of hydrogen-bond donors (Lipinski definition) is 1. The van der Waals surface area contributed by atoms with Crippen LogP contribution in [0.25, 0.3) is 0 Å². The fourth-order valence-electron chi connectivity index (χ4n) is 3.78. The summed E-state index contributed by atoms with van der Waals surface area (Å²) in [5.41, 5.74) is 1.74. The first kappa shape index (κ1) is 23.4. The molecule has 0 saturated carbocycles. The van der Waals surface area contributed by atoms with Gasteiger partial charge in [-0.25, -0.2) is 8.42 Å². The van der Waals surface area contributed by atoms with Gasteiger partial charge in [0.2, 0.25) is 10.0 Å². The molecule has 6 nitrogen and oxygen atoms in total. The first-order valence-corrected chi connectivity index (χ1v) is 12.4. The van der Waals surface area contributed by atoms with Crippen LogP contribution in [0.5, 0.6) is 0 Å². The van der Waals surface area contributed by atoms with Gasteiger partial charge in [0.15, 0.2) is 0 Å². The summed E-state index contributed by atoms with van der Waals surface area (Å²) in [6.45, 7) is 5.60. The Morgan fingerprint density at radius 3 is 2.35 bits per heavy atom. The Morgan fingerprint density at radius 2 is 1.71 bits per heavy atom. The largest absolute Gasteiger partial charge is 0.352 e. The van der Waals surface area contributed by atoms with Gasteiger partial charge in [0, 0.05) is 31.7 Å². The highest BCUT2D eigenvalue weighted by Gasteiger charge is 2.28. The molecule has 0 spiro atoms. The lowest BCUT2D eigenvalue weighted by atomic mass is 10.0. The van der Waals surface area contributed by atoms with E-state index < -0.39 is 10.0 Å². The molecule has 168 valence electrons. The van der Waals surface area contributed by atoms with Crippen LogP contribution in [0.2, 0.25) is 0 Å². The van der Waals surface area contributed by atoms with E-state index in [1.54, 1.807) is 16.4 Å². The summed E-state index contributed by atoms with van der Waals surface area (Å²) >= 11 is 0. The van der Waals surface area contributed by atoms with E-state index in [0.717, 1.165) is 32.4 Å². The molecule has 1 aliphatic heterocycles. The lowest BCUT2D eigenvalue weighted by Gasteiger charge is -2.29. The number of benzene rings is 2. The number of rotatable bonds is 9. The Hall–Kier alpha value is -2.22. The standard InChI is InChI=1S/C24H33N3O3S/c1-20-13-17-27(18-14-20)31(29,30)23-11-9-22(10-12-23)24(28)25-15-6-16-26(2)19-21-7-4-3-5-8-21/h3-5,7-12,20H,6,13-19H2,1-2H3,(H,25,28). The van der Waals surface area contributed by atoms with Crippen molar-refractivity contribution in [3.63, 3.8) is 0 Å². The Kier molecular flexibility index (Phi) is 8.23. The second-order valence-electron chi connectivity index (χ2n) is 8.44. The molecule has 1 fully saturated rings. The molecular formula is C24H33N3O3S. The molecule has 3 rings (SSSR count). The zero-order valence-corrected chi connectivity index (χ0v) is 19.3. The molecule has 1 saturated heterocycles. The number of nitrogens with zero attached hydrogens (tertiary/aromatic N) is 2. The van der Waals surface area contributed by atoms with Crippen LogP contribution >= 0.6 is 0 Å². The van der Waals surface area contributed by atoms with Crippen LogP contribution in [-0.4, -0.2) is 56.8 Å². The third-order valence-corrected chi connectivity index (χ3v) is 7.71. The summed E-state index contributed by atoms with van der Waals surface area (Å²) in [5.74, 6) is 0.386. The van der Waals surface area contributed by atoms with Crippen molar-refractivity contribution in [2.45, 2.75) is 37.6 Å². The van der Waals surface area contributed by atoms with Crippen molar-refractivity contribution < 1.29 is 13.2 Å². The second-order valence-corrected chi connectivity index (χ2v) is 10.4. The SMILES string of the molecule is CC1CCN(S(=O)(=O)c2ccc(C(=O)NCCCN(C)Cc3ccccc3)cc2)CC1. The van der Waals surface area contributed by atoms with Crippen molar-refractivity contribution in [1.82, 2.24) is 14.5 Å². The van der Waals surface area contributed by atoms with Crippen LogP contribution in [0.1, 0.15) is 42.1 Å². The Bertz CT molecular complexity index is 938. The predicted molar refractivity (Wildman–Crippen MR) is 123 cm³/mol. The van der Waals surface area contributed by atoms with E-state index >= 15 is 0 Å². The van der Waals surface area contributed by atoms with E-state index in [0.29, 0.717) is 31.1 Å². The minimum absolute atomic E-state index is 0.179. The van der Waals surface area contributed by atoms with Crippen molar-refractivity contribution >= 4 is 15.9 Å². The third-order valence-electron chi connectivity index (χ3n) is 5.79. The van der Waals surface area contributed by atoms with Gasteiger partial charge in [-0.2, -0.15) is 4.31 Å². The zero-order valence-electron chi connectivity index (χ0n) is 18.5. The Labute approximate surface area is 186 Å². The van der Waals surface area contributed by atoms with Crippen LogP contribution in [0.4, 0.5) is 0 Å². The molecule has 1 amide bonds.